The average Bonchev–Trinajstić information content (AvgIpc) is 2.82. The van der Waals surface area contributed by atoms with Crippen LogP contribution in [0.25, 0.3) is 0 Å². The first-order valence-corrected chi connectivity index (χ1v) is 6.11. The fourth-order valence-corrected chi connectivity index (χ4v) is 4.94. The number of methoxy groups -OCH3 is 1. The van der Waals surface area contributed by atoms with Crippen LogP contribution in [0, 0.1) is 16.7 Å². The van der Waals surface area contributed by atoms with Crippen LogP contribution in [-0.4, -0.2) is 18.5 Å². The normalized spacial score (nSPS) is 57.5. The van der Waals surface area contributed by atoms with E-state index in [1.807, 2.05) is 7.11 Å². The molecule has 0 radical (unpaired) electrons. The second-order valence-electron chi connectivity index (χ2n) is 6.07. The third-order valence-corrected chi connectivity index (χ3v) is 5.80. The summed E-state index contributed by atoms with van der Waals surface area (Å²) in [6.07, 6.45) is 5.24. The minimum atomic E-state index is -0.0688. The lowest BCUT2D eigenvalue weighted by Gasteiger charge is -2.38. The Morgan fingerprint density at radius 3 is 2.80 bits per heavy atom. The van der Waals surface area contributed by atoms with Gasteiger partial charge in [-0.25, -0.2) is 0 Å². The van der Waals surface area contributed by atoms with E-state index in [9.17, 15) is 4.79 Å². The largest absolute Gasteiger partial charge is 0.377 e. The summed E-state index contributed by atoms with van der Waals surface area (Å²) in [6, 6.07) is 0. The highest BCUT2D eigenvalue weighted by Gasteiger charge is 2.83. The molecule has 0 amide bonds. The van der Waals surface area contributed by atoms with Crippen molar-refractivity contribution in [1.82, 2.24) is 0 Å². The molecule has 3 fully saturated rings. The maximum atomic E-state index is 12.2. The van der Waals surface area contributed by atoms with E-state index in [-0.39, 0.29) is 16.4 Å². The van der Waals surface area contributed by atoms with Gasteiger partial charge < -0.3 is 4.74 Å². The van der Waals surface area contributed by atoms with Crippen LogP contribution in [0.3, 0.4) is 0 Å². The summed E-state index contributed by atoms with van der Waals surface area (Å²) in [4.78, 5) is 12.2. The van der Waals surface area contributed by atoms with Crippen LogP contribution < -0.4 is 0 Å². The first kappa shape index (κ1) is 9.83. The maximum Gasteiger partial charge on any atom is 0.139 e. The smallest absolute Gasteiger partial charge is 0.139 e. The lowest BCUT2D eigenvalue weighted by atomic mass is 9.64. The van der Waals surface area contributed by atoms with Gasteiger partial charge in [-0.05, 0) is 31.6 Å². The summed E-state index contributed by atoms with van der Waals surface area (Å²) in [6.45, 7) is 4.45. The van der Waals surface area contributed by atoms with E-state index in [2.05, 4.69) is 13.8 Å². The summed E-state index contributed by atoms with van der Waals surface area (Å²) in [5.74, 6) is 1.05. The van der Waals surface area contributed by atoms with Crippen molar-refractivity contribution in [3.05, 3.63) is 0 Å². The molecule has 0 aliphatic heterocycles. The molecule has 0 aromatic rings. The minimum Gasteiger partial charge on any atom is -0.377 e. The molecule has 0 aromatic carbocycles. The van der Waals surface area contributed by atoms with E-state index in [1.165, 1.54) is 6.42 Å². The fraction of sp³-hybridized carbons (Fsp3) is 0.923. The molecular weight excluding hydrogens is 188 g/mol. The minimum absolute atomic E-state index is 0.0534. The third-order valence-electron chi connectivity index (χ3n) is 5.80. The molecule has 0 bridgehead atoms. The van der Waals surface area contributed by atoms with Gasteiger partial charge in [-0.3, -0.25) is 4.79 Å². The molecule has 2 nitrogen and oxygen atoms in total. The lowest BCUT2D eigenvalue weighted by Crippen LogP contribution is -2.40. The molecule has 84 valence electrons. The van der Waals surface area contributed by atoms with Gasteiger partial charge in [0.1, 0.15) is 5.78 Å². The number of hydrogen-bond acceptors (Lipinski definition) is 2. The van der Waals surface area contributed by atoms with Gasteiger partial charge in [0.25, 0.3) is 0 Å². The maximum absolute atomic E-state index is 12.2. The first-order valence-electron chi connectivity index (χ1n) is 6.11. The predicted molar refractivity (Wildman–Crippen MR) is 57.5 cm³/mol. The number of ketones is 1. The highest BCUT2D eigenvalue weighted by molar-refractivity contribution is 5.88. The highest BCUT2D eigenvalue weighted by Crippen LogP contribution is 2.81. The van der Waals surface area contributed by atoms with Crippen LogP contribution in [0.4, 0.5) is 0 Å². The van der Waals surface area contributed by atoms with Crippen molar-refractivity contribution >= 4 is 5.78 Å². The summed E-state index contributed by atoms with van der Waals surface area (Å²) in [7, 11) is 1.83. The van der Waals surface area contributed by atoms with E-state index in [0.29, 0.717) is 11.7 Å². The first-order chi connectivity index (χ1) is 7.02. The summed E-state index contributed by atoms with van der Waals surface area (Å²) < 4.78 is 5.81. The number of rotatable bonds is 1. The molecule has 1 spiro atoms. The summed E-state index contributed by atoms with van der Waals surface area (Å²) in [5, 5.41) is 0. The zero-order chi connectivity index (χ0) is 10.9. The van der Waals surface area contributed by atoms with Crippen molar-refractivity contribution in [1.29, 1.82) is 0 Å². The molecule has 3 saturated carbocycles. The number of ether oxygens (including phenoxy) is 1. The molecule has 0 heterocycles. The van der Waals surface area contributed by atoms with Crippen LogP contribution >= 0.6 is 0 Å². The molecule has 3 aliphatic carbocycles. The Labute approximate surface area is 91.4 Å². The van der Waals surface area contributed by atoms with Gasteiger partial charge in [-0.1, -0.05) is 13.8 Å². The Morgan fingerprint density at radius 2 is 2.20 bits per heavy atom. The van der Waals surface area contributed by atoms with Gasteiger partial charge in [0.05, 0.1) is 5.60 Å². The van der Waals surface area contributed by atoms with Crippen molar-refractivity contribution in [2.24, 2.45) is 16.7 Å². The van der Waals surface area contributed by atoms with Gasteiger partial charge in [-0.15, -0.1) is 0 Å². The van der Waals surface area contributed by atoms with Gasteiger partial charge in [-0.2, -0.15) is 0 Å². The SMILES string of the molecule is CO[C@@]12C[C@@]13CCCC(=O)[C@]3(C)C[C@@H]2C. The van der Waals surface area contributed by atoms with Crippen LogP contribution in [0.2, 0.25) is 0 Å². The molecule has 0 N–H and O–H groups in total. The van der Waals surface area contributed by atoms with E-state index in [0.717, 1.165) is 25.7 Å². The zero-order valence-corrected chi connectivity index (χ0v) is 9.93. The molecule has 0 unspecified atom stereocenters. The summed E-state index contributed by atoms with van der Waals surface area (Å²) >= 11 is 0. The Bertz CT molecular complexity index is 337. The van der Waals surface area contributed by atoms with Crippen molar-refractivity contribution in [2.45, 2.75) is 51.6 Å². The van der Waals surface area contributed by atoms with Crippen molar-refractivity contribution in [3.63, 3.8) is 0 Å². The molecule has 0 saturated heterocycles. The molecule has 2 heteroatoms. The van der Waals surface area contributed by atoms with E-state index < -0.39 is 0 Å². The van der Waals surface area contributed by atoms with E-state index in [4.69, 9.17) is 4.74 Å². The second-order valence-corrected chi connectivity index (χ2v) is 6.07. The highest BCUT2D eigenvalue weighted by atomic mass is 16.5. The molecular formula is C13H20O2. The molecule has 3 aliphatic rings. The quantitative estimate of drug-likeness (QED) is 0.662. The average molecular weight is 208 g/mol. The Morgan fingerprint density at radius 1 is 1.47 bits per heavy atom. The van der Waals surface area contributed by atoms with Gasteiger partial charge in [0.2, 0.25) is 0 Å². The van der Waals surface area contributed by atoms with E-state index in [1.54, 1.807) is 0 Å². The molecule has 3 rings (SSSR count). The Kier molecular flexibility index (Phi) is 1.62. The fourth-order valence-electron chi connectivity index (χ4n) is 4.94. The summed E-state index contributed by atoms with van der Waals surface area (Å²) in [5.41, 5.74) is 0.196. The molecule has 15 heavy (non-hydrogen) atoms. The van der Waals surface area contributed by atoms with Crippen LogP contribution in [0.1, 0.15) is 46.0 Å². The van der Waals surface area contributed by atoms with Gasteiger partial charge in [0, 0.05) is 24.4 Å². The number of carbonyl (C=O) groups is 1. The predicted octanol–water partition coefficient (Wildman–Crippen LogP) is 2.56. The van der Waals surface area contributed by atoms with Gasteiger partial charge >= 0.3 is 0 Å². The van der Waals surface area contributed by atoms with Crippen LogP contribution in [-0.2, 0) is 9.53 Å². The van der Waals surface area contributed by atoms with E-state index >= 15 is 0 Å². The van der Waals surface area contributed by atoms with Crippen molar-refractivity contribution in [3.8, 4) is 0 Å². The number of Topliss-reactive ketones (excluding diaryl/α,β-unsaturated/α-hetero) is 1. The Balaban J connectivity index is 2.08. The van der Waals surface area contributed by atoms with Crippen LogP contribution in [0.5, 0.6) is 0 Å². The number of carbonyl (C=O) groups excluding carboxylic acids is 1. The standard InChI is InChI=1S/C13H20O2/c1-9-7-11(2)10(14)5-4-6-12(11)8-13(9,12)15-3/h9H,4-8H2,1-3H3/t9-,11-,12+,13+/m0/s1. The third kappa shape index (κ3) is 0.780. The number of hydrogen-bond donors (Lipinski definition) is 0. The van der Waals surface area contributed by atoms with Crippen LogP contribution in [0.15, 0.2) is 0 Å². The monoisotopic (exact) mass is 208 g/mol. The topological polar surface area (TPSA) is 26.3 Å². The molecule has 4 atom stereocenters. The lowest BCUT2D eigenvalue weighted by molar-refractivity contribution is -0.135. The Hall–Kier alpha value is -0.370. The molecule has 0 aromatic heterocycles. The van der Waals surface area contributed by atoms with Crippen molar-refractivity contribution < 1.29 is 9.53 Å². The van der Waals surface area contributed by atoms with Crippen molar-refractivity contribution in [2.75, 3.05) is 7.11 Å². The van der Waals surface area contributed by atoms with Gasteiger partial charge in [0.15, 0.2) is 0 Å². The second kappa shape index (κ2) is 2.48. The zero-order valence-electron chi connectivity index (χ0n) is 9.93.